The minimum absolute atomic E-state index is 0.0176. The van der Waals surface area contributed by atoms with Gasteiger partial charge < -0.3 is 37.1 Å². The Labute approximate surface area is 222 Å². The average molecular weight is 537 g/mol. The highest BCUT2D eigenvalue weighted by Crippen LogP contribution is 2.08. The lowest BCUT2D eigenvalue weighted by Gasteiger charge is -2.17. The van der Waals surface area contributed by atoms with Gasteiger partial charge in [-0.3, -0.25) is 24.5 Å². The van der Waals surface area contributed by atoms with Crippen LogP contribution in [0.2, 0.25) is 0 Å². The molecule has 2 atom stereocenters. The molecule has 1 aromatic heterocycles. The molecule has 1 rings (SSSR count). The van der Waals surface area contributed by atoms with Crippen molar-refractivity contribution in [3.8, 4) is 0 Å². The Hall–Kier alpha value is -3.94. The van der Waals surface area contributed by atoms with Gasteiger partial charge in [-0.2, -0.15) is 0 Å². The number of amides is 5. The molecule has 0 fully saturated rings. The standard InChI is InChI=1S/C24H40N8O6/c1-13(2)17(25)21(36)28-12-8-7-11-27-18(33)14(3)29-19(34)15-9-10-16(30-15)20(35)31-22(26)32-23(37)38-24(4,5)6/h9-10,13-14,17,30H,7-8,11-12,25H2,1-6H3,(H,27,33)(H,28,36)(H,29,34)(H3,26,31,32,35,37)/t14-,17-/m0/s1. The number of aromatic amines is 1. The van der Waals surface area contributed by atoms with E-state index in [1.54, 1.807) is 20.8 Å². The number of nitrogens with zero attached hydrogens (tertiary/aromatic N) is 1. The molecule has 0 spiro atoms. The maximum atomic E-state index is 12.5. The fourth-order valence-electron chi connectivity index (χ4n) is 2.84. The highest BCUT2D eigenvalue weighted by Gasteiger charge is 2.20. The van der Waals surface area contributed by atoms with Crippen LogP contribution < -0.4 is 32.7 Å². The lowest BCUT2D eigenvalue weighted by atomic mass is 10.1. The molecule has 0 bridgehead atoms. The Morgan fingerprint density at radius 1 is 0.947 bits per heavy atom. The summed E-state index contributed by atoms with van der Waals surface area (Å²) in [6.45, 7) is 11.0. The number of carbonyl (C=O) groups excluding carboxylic acids is 5. The van der Waals surface area contributed by atoms with Crippen LogP contribution >= 0.6 is 0 Å². The Morgan fingerprint density at radius 3 is 2.00 bits per heavy atom. The third-order valence-corrected chi connectivity index (χ3v) is 4.99. The number of aliphatic imine (C=N–C) groups is 1. The van der Waals surface area contributed by atoms with Gasteiger partial charge in [0.2, 0.25) is 17.8 Å². The zero-order valence-corrected chi connectivity index (χ0v) is 22.8. The van der Waals surface area contributed by atoms with E-state index in [1.807, 2.05) is 13.8 Å². The van der Waals surface area contributed by atoms with Crippen LogP contribution in [0.1, 0.15) is 75.4 Å². The van der Waals surface area contributed by atoms with Crippen molar-refractivity contribution in [2.45, 2.75) is 72.1 Å². The Balaban J connectivity index is 2.45. The van der Waals surface area contributed by atoms with Crippen LogP contribution in [0.3, 0.4) is 0 Å². The number of hydrogen-bond acceptors (Lipinski definition) is 7. The lowest BCUT2D eigenvalue weighted by molar-refractivity contribution is -0.123. The highest BCUT2D eigenvalue weighted by atomic mass is 16.6. The molecule has 9 N–H and O–H groups in total. The van der Waals surface area contributed by atoms with E-state index in [2.05, 4.69) is 31.2 Å². The van der Waals surface area contributed by atoms with Gasteiger partial charge in [-0.05, 0) is 58.6 Å². The maximum absolute atomic E-state index is 12.5. The number of unbranched alkanes of at least 4 members (excludes halogenated alkanes) is 1. The molecule has 5 amide bonds. The second-order valence-electron chi connectivity index (χ2n) is 9.97. The van der Waals surface area contributed by atoms with E-state index < -0.39 is 41.6 Å². The van der Waals surface area contributed by atoms with Crippen LogP contribution in [0.25, 0.3) is 0 Å². The van der Waals surface area contributed by atoms with Crippen LogP contribution in [0.5, 0.6) is 0 Å². The summed E-state index contributed by atoms with van der Waals surface area (Å²) in [6.07, 6.45) is 0.309. The molecule has 1 heterocycles. The number of hydrogen-bond donors (Lipinski definition) is 7. The molecule has 0 aliphatic carbocycles. The summed E-state index contributed by atoms with van der Waals surface area (Å²) < 4.78 is 4.98. The minimum atomic E-state index is -0.966. The van der Waals surface area contributed by atoms with Crippen LogP contribution in [0.4, 0.5) is 4.79 Å². The van der Waals surface area contributed by atoms with Gasteiger partial charge in [0, 0.05) is 13.1 Å². The second-order valence-corrected chi connectivity index (χ2v) is 9.97. The Bertz CT molecular complexity index is 1030. The number of rotatable bonds is 11. The number of nitrogens with two attached hydrogens (primary N) is 2. The third-order valence-electron chi connectivity index (χ3n) is 4.99. The molecule has 0 saturated heterocycles. The first-order valence-corrected chi connectivity index (χ1v) is 12.3. The van der Waals surface area contributed by atoms with Crippen molar-refractivity contribution in [2.75, 3.05) is 13.1 Å². The number of guanidine groups is 1. The van der Waals surface area contributed by atoms with Crippen LogP contribution in [0.15, 0.2) is 17.1 Å². The smallest absolute Gasteiger partial charge is 0.437 e. The van der Waals surface area contributed by atoms with E-state index in [-0.39, 0.29) is 29.1 Å². The summed E-state index contributed by atoms with van der Waals surface area (Å²) in [7, 11) is 0. The molecular weight excluding hydrogens is 496 g/mol. The summed E-state index contributed by atoms with van der Waals surface area (Å²) in [5.74, 6) is -2.36. The normalized spacial score (nSPS) is 13.3. The molecule has 0 aliphatic rings. The van der Waals surface area contributed by atoms with Crippen LogP contribution in [-0.4, -0.2) is 71.4 Å². The molecule has 0 radical (unpaired) electrons. The van der Waals surface area contributed by atoms with Crippen molar-refractivity contribution in [3.63, 3.8) is 0 Å². The zero-order chi connectivity index (χ0) is 29.0. The Morgan fingerprint density at radius 2 is 1.47 bits per heavy atom. The lowest BCUT2D eigenvalue weighted by Crippen LogP contribution is -2.45. The fourth-order valence-corrected chi connectivity index (χ4v) is 2.84. The SMILES string of the molecule is CC(C)[C@H](N)C(=O)NCCCCNC(=O)[C@H](C)NC(=O)c1ccc(C(=O)N/C(N)=N\C(=O)OC(C)(C)C)[nH]1. The van der Waals surface area contributed by atoms with Crippen molar-refractivity contribution in [3.05, 3.63) is 23.5 Å². The van der Waals surface area contributed by atoms with Gasteiger partial charge in [0.05, 0.1) is 6.04 Å². The number of carbonyl (C=O) groups is 5. The quantitative estimate of drug-likeness (QED) is 0.116. The van der Waals surface area contributed by atoms with Crippen molar-refractivity contribution in [1.29, 1.82) is 0 Å². The molecule has 0 saturated carbocycles. The van der Waals surface area contributed by atoms with Gasteiger partial charge in [0.25, 0.3) is 11.8 Å². The molecule has 0 unspecified atom stereocenters. The van der Waals surface area contributed by atoms with Crippen molar-refractivity contribution < 1.29 is 28.7 Å². The first-order chi connectivity index (χ1) is 17.6. The fraction of sp³-hybridized carbons (Fsp3) is 0.583. The van der Waals surface area contributed by atoms with Gasteiger partial charge in [0.1, 0.15) is 23.0 Å². The molecule has 1 aromatic rings. The van der Waals surface area contributed by atoms with Crippen molar-refractivity contribution in [2.24, 2.45) is 22.4 Å². The first kappa shape index (κ1) is 32.1. The highest BCUT2D eigenvalue weighted by molar-refractivity contribution is 6.07. The van der Waals surface area contributed by atoms with E-state index in [0.717, 1.165) is 0 Å². The van der Waals surface area contributed by atoms with Gasteiger partial charge in [0.15, 0.2) is 0 Å². The zero-order valence-electron chi connectivity index (χ0n) is 22.8. The molecular formula is C24H40N8O6. The molecule has 14 heteroatoms. The second kappa shape index (κ2) is 14.7. The minimum Gasteiger partial charge on any atom is -0.442 e. The number of aromatic nitrogens is 1. The molecule has 0 aliphatic heterocycles. The van der Waals surface area contributed by atoms with Gasteiger partial charge in [-0.15, -0.1) is 4.99 Å². The monoisotopic (exact) mass is 536 g/mol. The summed E-state index contributed by atoms with van der Waals surface area (Å²) in [5.41, 5.74) is 10.6. The van der Waals surface area contributed by atoms with E-state index in [9.17, 15) is 24.0 Å². The average Bonchev–Trinajstić information content (AvgIpc) is 3.29. The van der Waals surface area contributed by atoms with Gasteiger partial charge >= 0.3 is 6.09 Å². The third kappa shape index (κ3) is 11.9. The first-order valence-electron chi connectivity index (χ1n) is 12.3. The molecule has 38 heavy (non-hydrogen) atoms. The Kier molecular flexibility index (Phi) is 12.4. The summed E-state index contributed by atoms with van der Waals surface area (Å²) in [5, 5.41) is 10.2. The molecule has 0 aromatic carbocycles. The number of nitrogens with one attached hydrogen (secondary N) is 5. The van der Waals surface area contributed by atoms with E-state index in [4.69, 9.17) is 16.2 Å². The predicted molar refractivity (Wildman–Crippen MR) is 141 cm³/mol. The van der Waals surface area contributed by atoms with E-state index in [0.29, 0.717) is 25.9 Å². The van der Waals surface area contributed by atoms with E-state index in [1.165, 1.54) is 19.1 Å². The summed E-state index contributed by atoms with van der Waals surface area (Å²) in [6, 6.07) is 1.29. The topological polar surface area (TPSA) is 223 Å². The molecule has 14 nitrogen and oxygen atoms in total. The van der Waals surface area contributed by atoms with Crippen LogP contribution in [-0.2, 0) is 14.3 Å². The summed E-state index contributed by atoms with van der Waals surface area (Å²) in [4.78, 5) is 66.6. The maximum Gasteiger partial charge on any atom is 0.437 e. The van der Waals surface area contributed by atoms with Gasteiger partial charge in [-0.1, -0.05) is 13.8 Å². The van der Waals surface area contributed by atoms with Crippen molar-refractivity contribution >= 4 is 35.7 Å². The largest absolute Gasteiger partial charge is 0.442 e. The van der Waals surface area contributed by atoms with Crippen molar-refractivity contribution in [1.82, 2.24) is 26.3 Å². The van der Waals surface area contributed by atoms with E-state index >= 15 is 0 Å². The van der Waals surface area contributed by atoms with Crippen LogP contribution in [0, 0.1) is 5.92 Å². The predicted octanol–water partition coefficient (Wildman–Crippen LogP) is 0.109. The van der Waals surface area contributed by atoms with Gasteiger partial charge in [-0.25, -0.2) is 4.79 Å². The molecule has 212 valence electrons. The number of ether oxygens (including phenoxy) is 1. The number of H-pyrrole nitrogens is 1. The summed E-state index contributed by atoms with van der Waals surface area (Å²) >= 11 is 0.